The molecule has 1 aliphatic rings. The molecule has 0 fully saturated rings. The standard InChI is InChI=1S/C7H8ClN/c1-6-4-3-5-7(8)9(6)2/h3-4H,1-2H3. The van der Waals surface area contributed by atoms with Crippen LogP contribution in [0.1, 0.15) is 6.92 Å². The zero-order chi connectivity index (χ0) is 6.85. The van der Waals surface area contributed by atoms with Gasteiger partial charge in [0.15, 0.2) is 5.16 Å². The zero-order valence-electron chi connectivity index (χ0n) is 5.48. The van der Waals surface area contributed by atoms with E-state index in [1.54, 1.807) is 0 Å². The Balaban J connectivity index is 2.96. The molecule has 1 aliphatic heterocycles. The predicted molar refractivity (Wildman–Crippen MR) is 39.0 cm³/mol. The van der Waals surface area contributed by atoms with Crippen molar-refractivity contribution in [2.75, 3.05) is 7.05 Å². The number of hydrogen-bond donors (Lipinski definition) is 0. The molecule has 9 heavy (non-hydrogen) atoms. The summed E-state index contributed by atoms with van der Waals surface area (Å²) >= 11 is 5.72. The van der Waals surface area contributed by atoms with Crippen molar-refractivity contribution in [3.63, 3.8) is 0 Å². The van der Waals surface area contributed by atoms with Gasteiger partial charge in [-0.25, -0.2) is 0 Å². The van der Waals surface area contributed by atoms with Gasteiger partial charge in [-0.15, -0.1) is 0 Å². The molecule has 0 radical (unpaired) electrons. The zero-order valence-corrected chi connectivity index (χ0v) is 6.24. The second-order valence-corrected chi connectivity index (χ2v) is 2.33. The number of allylic oxidation sites excluding steroid dienone is 3. The van der Waals surface area contributed by atoms with Gasteiger partial charge in [0.05, 0.1) is 0 Å². The second-order valence-electron chi connectivity index (χ2n) is 1.97. The van der Waals surface area contributed by atoms with Crippen molar-refractivity contribution < 1.29 is 0 Å². The number of rotatable bonds is 0. The minimum atomic E-state index is 0.648. The van der Waals surface area contributed by atoms with E-state index in [0.717, 1.165) is 5.70 Å². The lowest BCUT2D eigenvalue weighted by atomic mass is 10.3. The highest BCUT2D eigenvalue weighted by Crippen LogP contribution is 2.15. The maximum atomic E-state index is 5.72. The molecule has 48 valence electrons. The molecule has 2 heteroatoms. The first-order valence-electron chi connectivity index (χ1n) is 2.74. The Labute approximate surface area is 59.9 Å². The average Bonchev–Trinajstić information content (AvgIpc) is 1.83. The van der Waals surface area contributed by atoms with E-state index in [9.17, 15) is 0 Å². The van der Waals surface area contributed by atoms with Gasteiger partial charge >= 0.3 is 0 Å². The summed E-state index contributed by atoms with van der Waals surface area (Å²) in [6.07, 6.45) is 3.78. The highest BCUT2D eigenvalue weighted by Gasteiger charge is 2.02. The Morgan fingerprint density at radius 2 is 2.33 bits per heavy atom. The minimum absolute atomic E-state index is 0.648. The summed E-state index contributed by atoms with van der Waals surface area (Å²) in [5.74, 6) is 0. The molecule has 0 N–H and O–H groups in total. The fourth-order valence-corrected chi connectivity index (χ4v) is 0.791. The van der Waals surface area contributed by atoms with E-state index in [1.807, 2.05) is 31.0 Å². The number of halogens is 1. The quantitative estimate of drug-likeness (QED) is 0.369. The van der Waals surface area contributed by atoms with Crippen molar-refractivity contribution in [2.24, 2.45) is 0 Å². The third-order valence-corrected chi connectivity index (χ3v) is 1.71. The molecule has 0 aliphatic carbocycles. The first kappa shape index (κ1) is 6.47. The maximum Gasteiger partial charge on any atom is 0.152 e. The van der Waals surface area contributed by atoms with Gasteiger partial charge in [0, 0.05) is 12.7 Å². The third-order valence-electron chi connectivity index (χ3n) is 1.35. The molecule has 0 bridgehead atoms. The van der Waals surface area contributed by atoms with Crippen molar-refractivity contribution >= 4 is 11.6 Å². The van der Waals surface area contributed by atoms with E-state index in [-0.39, 0.29) is 0 Å². The Morgan fingerprint density at radius 1 is 1.67 bits per heavy atom. The maximum absolute atomic E-state index is 5.72. The van der Waals surface area contributed by atoms with Crippen molar-refractivity contribution in [3.8, 4) is 0 Å². The largest absolute Gasteiger partial charge is 0.333 e. The van der Waals surface area contributed by atoms with E-state index >= 15 is 0 Å². The molecular formula is C7H8ClN. The van der Waals surface area contributed by atoms with E-state index in [4.69, 9.17) is 11.6 Å². The van der Waals surface area contributed by atoms with Crippen LogP contribution in [-0.4, -0.2) is 11.9 Å². The summed E-state index contributed by atoms with van der Waals surface area (Å²) in [6, 6.07) is 0. The molecule has 0 aromatic carbocycles. The van der Waals surface area contributed by atoms with Crippen LogP contribution in [0, 0.1) is 0 Å². The summed E-state index contributed by atoms with van der Waals surface area (Å²) in [7, 11) is 1.91. The van der Waals surface area contributed by atoms with E-state index in [1.165, 1.54) is 0 Å². The van der Waals surface area contributed by atoms with E-state index in [2.05, 4.69) is 5.73 Å². The van der Waals surface area contributed by atoms with Crippen LogP contribution >= 0.6 is 11.6 Å². The fourth-order valence-electron chi connectivity index (χ4n) is 0.594. The lowest BCUT2D eigenvalue weighted by molar-refractivity contribution is 0.552. The molecule has 0 aromatic rings. The molecule has 1 heterocycles. The van der Waals surface area contributed by atoms with Crippen molar-refractivity contribution in [2.45, 2.75) is 6.92 Å². The SMILES string of the molecule is CC1=CC=C=C(Cl)N1C. The first-order valence-corrected chi connectivity index (χ1v) is 3.12. The fraction of sp³-hybridized carbons (Fsp3) is 0.286. The van der Waals surface area contributed by atoms with E-state index in [0.29, 0.717) is 5.16 Å². The molecule has 1 nitrogen and oxygen atoms in total. The topological polar surface area (TPSA) is 3.24 Å². The lowest BCUT2D eigenvalue weighted by Gasteiger charge is -2.18. The molecule has 0 saturated carbocycles. The van der Waals surface area contributed by atoms with Gasteiger partial charge in [0.1, 0.15) is 0 Å². The van der Waals surface area contributed by atoms with Crippen LogP contribution in [0.2, 0.25) is 0 Å². The first-order chi connectivity index (χ1) is 4.22. The van der Waals surface area contributed by atoms with Gasteiger partial charge in [-0.2, -0.15) is 0 Å². The molecule has 0 spiro atoms. The Bertz CT molecular complexity index is 209. The third kappa shape index (κ3) is 1.18. The number of nitrogens with zero attached hydrogens (tertiary/aromatic N) is 1. The summed E-state index contributed by atoms with van der Waals surface area (Å²) in [5.41, 5.74) is 4.01. The van der Waals surface area contributed by atoms with Crippen molar-refractivity contribution in [1.82, 2.24) is 4.90 Å². The van der Waals surface area contributed by atoms with Crippen molar-refractivity contribution in [1.29, 1.82) is 0 Å². The Hall–Kier alpha value is -0.650. The Kier molecular flexibility index (Phi) is 1.65. The van der Waals surface area contributed by atoms with Gasteiger partial charge in [-0.3, -0.25) is 0 Å². The van der Waals surface area contributed by atoms with Crippen LogP contribution in [0.3, 0.4) is 0 Å². The molecule has 0 unspecified atom stereocenters. The average molecular weight is 142 g/mol. The van der Waals surface area contributed by atoms with E-state index < -0.39 is 0 Å². The monoisotopic (exact) mass is 141 g/mol. The van der Waals surface area contributed by atoms with Crippen molar-refractivity contribution in [3.05, 3.63) is 28.7 Å². The lowest BCUT2D eigenvalue weighted by Crippen LogP contribution is -2.12. The summed E-state index contributed by atoms with van der Waals surface area (Å²) < 4.78 is 0. The van der Waals surface area contributed by atoms with Crippen LogP contribution in [0.25, 0.3) is 0 Å². The molecule has 0 saturated heterocycles. The number of hydrogen-bond acceptors (Lipinski definition) is 1. The normalized spacial score (nSPS) is 17.4. The highest BCUT2D eigenvalue weighted by molar-refractivity contribution is 6.29. The van der Waals surface area contributed by atoms with Crippen LogP contribution in [0.5, 0.6) is 0 Å². The molecular weight excluding hydrogens is 134 g/mol. The summed E-state index contributed by atoms with van der Waals surface area (Å²) in [5, 5.41) is 0.648. The van der Waals surface area contributed by atoms with Gasteiger partial charge in [0.2, 0.25) is 0 Å². The van der Waals surface area contributed by atoms with Crippen LogP contribution in [-0.2, 0) is 0 Å². The molecule has 0 aromatic heterocycles. The van der Waals surface area contributed by atoms with Gasteiger partial charge < -0.3 is 4.90 Å². The molecule has 0 atom stereocenters. The predicted octanol–water partition coefficient (Wildman–Crippen LogP) is 2.07. The molecule has 0 amide bonds. The van der Waals surface area contributed by atoms with Crippen LogP contribution in [0.15, 0.2) is 28.7 Å². The smallest absolute Gasteiger partial charge is 0.152 e. The second kappa shape index (κ2) is 2.30. The molecule has 1 rings (SSSR count). The Morgan fingerprint density at radius 3 is 2.78 bits per heavy atom. The van der Waals surface area contributed by atoms with Gasteiger partial charge in [-0.1, -0.05) is 17.3 Å². The van der Waals surface area contributed by atoms with Crippen LogP contribution in [0.4, 0.5) is 0 Å². The summed E-state index contributed by atoms with van der Waals surface area (Å²) in [4.78, 5) is 1.88. The van der Waals surface area contributed by atoms with Gasteiger partial charge in [-0.05, 0) is 19.1 Å². The minimum Gasteiger partial charge on any atom is -0.333 e. The van der Waals surface area contributed by atoms with Gasteiger partial charge in [0.25, 0.3) is 0 Å². The highest BCUT2D eigenvalue weighted by atomic mass is 35.5. The summed E-state index contributed by atoms with van der Waals surface area (Å²) in [6.45, 7) is 2.00. The van der Waals surface area contributed by atoms with Crippen LogP contribution < -0.4 is 0 Å².